The number of carbonyl (C=O) groups is 3. The SMILES string of the molecule is CCCCNC(=O)CCC(=O)CCC(=O)OC1[C@@H](CO)O[C@@H](n2cc(Sc3ccccc3)c(=O)[nH]c2=O)[C@H]1O[Si](C(C)C)(C(C)C)C(C)C. The molecular weight excluding hydrogens is 667 g/mol. The van der Waals surface area contributed by atoms with E-state index in [4.69, 9.17) is 13.9 Å². The van der Waals surface area contributed by atoms with Crippen molar-refractivity contribution in [3.8, 4) is 0 Å². The fourth-order valence-corrected chi connectivity index (χ4v) is 13.1. The molecule has 49 heavy (non-hydrogen) atoms. The summed E-state index contributed by atoms with van der Waals surface area (Å²) in [7, 11) is -2.71. The zero-order chi connectivity index (χ0) is 36.3. The lowest BCUT2D eigenvalue weighted by molar-refractivity contribution is -0.157. The summed E-state index contributed by atoms with van der Waals surface area (Å²) >= 11 is 1.18. The van der Waals surface area contributed by atoms with Crippen molar-refractivity contribution in [2.45, 2.75) is 138 Å². The maximum Gasteiger partial charge on any atom is 0.330 e. The van der Waals surface area contributed by atoms with E-state index in [2.05, 4.69) is 51.8 Å². The van der Waals surface area contributed by atoms with Gasteiger partial charge in [0.15, 0.2) is 12.3 Å². The molecule has 3 rings (SSSR count). The molecule has 1 aromatic carbocycles. The zero-order valence-electron chi connectivity index (χ0n) is 29.7. The molecule has 1 amide bonds. The normalized spacial score (nSPS) is 19.5. The van der Waals surface area contributed by atoms with Crippen molar-refractivity contribution in [2.75, 3.05) is 13.2 Å². The summed E-state index contributed by atoms with van der Waals surface area (Å²) in [6, 6.07) is 9.23. The summed E-state index contributed by atoms with van der Waals surface area (Å²) in [4.78, 5) is 67.5. The van der Waals surface area contributed by atoms with Crippen LogP contribution in [-0.4, -0.2) is 72.1 Å². The largest absolute Gasteiger partial charge is 0.457 e. The van der Waals surface area contributed by atoms with E-state index >= 15 is 0 Å². The second-order valence-corrected chi connectivity index (χ2v) is 19.9. The Labute approximate surface area is 293 Å². The number of benzene rings is 1. The van der Waals surface area contributed by atoms with Gasteiger partial charge in [-0.1, -0.05) is 84.8 Å². The third-order valence-corrected chi connectivity index (χ3v) is 16.2. The number of esters is 1. The van der Waals surface area contributed by atoms with Gasteiger partial charge in [0.1, 0.15) is 18.0 Å². The van der Waals surface area contributed by atoms with Crippen LogP contribution in [0.5, 0.6) is 0 Å². The van der Waals surface area contributed by atoms with Crippen molar-refractivity contribution >= 4 is 37.7 Å². The number of carbonyl (C=O) groups excluding carboxylic acids is 3. The Balaban J connectivity index is 1.92. The quantitative estimate of drug-likeness (QED) is 0.101. The number of unbranched alkanes of at least 4 members (excludes halogenated alkanes) is 1. The van der Waals surface area contributed by atoms with Gasteiger partial charge in [-0.2, -0.15) is 0 Å². The van der Waals surface area contributed by atoms with E-state index in [0.29, 0.717) is 6.54 Å². The molecule has 0 radical (unpaired) electrons. The molecule has 1 aliphatic rings. The van der Waals surface area contributed by atoms with Crippen molar-refractivity contribution in [1.29, 1.82) is 0 Å². The first-order valence-electron chi connectivity index (χ1n) is 17.2. The number of ketones is 1. The first-order valence-corrected chi connectivity index (χ1v) is 20.2. The van der Waals surface area contributed by atoms with E-state index < -0.39 is 56.7 Å². The topological polar surface area (TPSA) is 166 Å². The van der Waals surface area contributed by atoms with Gasteiger partial charge in [-0.05, 0) is 35.2 Å². The number of nitrogens with one attached hydrogen (secondary N) is 2. The Morgan fingerprint density at radius 2 is 1.61 bits per heavy atom. The molecule has 1 aliphatic heterocycles. The number of aromatic nitrogens is 2. The van der Waals surface area contributed by atoms with Crippen LogP contribution in [0.1, 0.15) is 93.2 Å². The Morgan fingerprint density at radius 3 is 2.20 bits per heavy atom. The molecular formula is C35H53N3O9SSi. The molecule has 4 atom stereocenters. The summed E-state index contributed by atoms with van der Waals surface area (Å²) in [5.41, 5.74) is -0.951. The lowest BCUT2D eigenvalue weighted by Gasteiger charge is -2.45. The van der Waals surface area contributed by atoms with Gasteiger partial charge in [0, 0.05) is 36.9 Å². The van der Waals surface area contributed by atoms with E-state index in [-0.39, 0.29) is 58.9 Å². The van der Waals surface area contributed by atoms with Crippen molar-refractivity contribution in [3.63, 3.8) is 0 Å². The molecule has 1 fully saturated rings. The number of hydrogen-bond acceptors (Lipinski definition) is 10. The molecule has 1 saturated heterocycles. The van der Waals surface area contributed by atoms with Gasteiger partial charge < -0.3 is 24.3 Å². The minimum Gasteiger partial charge on any atom is -0.457 e. The van der Waals surface area contributed by atoms with E-state index in [0.717, 1.165) is 17.7 Å². The Hall–Kier alpha value is -3.04. The number of Topliss-reactive ketones (excluding diaryl/α,β-unsaturated/α-hetero) is 1. The van der Waals surface area contributed by atoms with Crippen LogP contribution >= 0.6 is 11.8 Å². The smallest absolute Gasteiger partial charge is 0.330 e. The highest BCUT2D eigenvalue weighted by molar-refractivity contribution is 7.99. The average Bonchev–Trinajstić information content (AvgIpc) is 3.38. The van der Waals surface area contributed by atoms with Gasteiger partial charge in [-0.25, -0.2) is 4.79 Å². The van der Waals surface area contributed by atoms with Crippen LogP contribution in [0.4, 0.5) is 0 Å². The fourth-order valence-electron chi connectivity index (χ4n) is 6.66. The molecule has 0 bridgehead atoms. The predicted molar refractivity (Wildman–Crippen MR) is 190 cm³/mol. The molecule has 2 aromatic rings. The van der Waals surface area contributed by atoms with Gasteiger partial charge in [-0.3, -0.25) is 28.7 Å². The first kappa shape index (κ1) is 40.4. The highest BCUT2D eigenvalue weighted by Gasteiger charge is 2.55. The summed E-state index contributed by atoms with van der Waals surface area (Å²) in [6.45, 7) is 14.6. The molecule has 12 nitrogen and oxygen atoms in total. The highest BCUT2D eigenvalue weighted by Crippen LogP contribution is 2.46. The molecule has 272 valence electrons. The number of aromatic amines is 1. The Kier molecular flexibility index (Phi) is 15.5. The van der Waals surface area contributed by atoms with E-state index in [9.17, 15) is 29.1 Å². The van der Waals surface area contributed by atoms with Crippen LogP contribution in [0.25, 0.3) is 0 Å². The van der Waals surface area contributed by atoms with E-state index in [1.165, 1.54) is 22.5 Å². The number of hydrogen-bond donors (Lipinski definition) is 3. The summed E-state index contributed by atoms with van der Waals surface area (Å²) in [6.07, 6.45) is -1.41. The first-order chi connectivity index (χ1) is 23.2. The highest BCUT2D eigenvalue weighted by atomic mass is 32.2. The molecule has 1 unspecified atom stereocenters. The third-order valence-electron chi connectivity index (χ3n) is 9.05. The monoisotopic (exact) mass is 719 g/mol. The molecule has 2 heterocycles. The van der Waals surface area contributed by atoms with Gasteiger partial charge in [-0.15, -0.1) is 0 Å². The van der Waals surface area contributed by atoms with Gasteiger partial charge in [0.05, 0.1) is 17.9 Å². The molecule has 0 spiro atoms. The zero-order valence-corrected chi connectivity index (χ0v) is 31.5. The van der Waals surface area contributed by atoms with Gasteiger partial charge in [0.2, 0.25) is 14.2 Å². The second-order valence-electron chi connectivity index (χ2n) is 13.4. The van der Waals surface area contributed by atoms with Gasteiger partial charge >= 0.3 is 11.7 Å². The molecule has 0 aliphatic carbocycles. The third kappa shape index (κ3) is 10.5. The minimum absolute atomic E-state index is 0.00852. The predicted octanol–water partition coefficient (Wildman–Crippen LogP) is 5.10. The Morgan fingerprint density at radius 1 is 0.980 bits per heavy atom. The standard InChI is InChI=1S/C35H53N3O9SSi/c1-8-9-19-36-29(41)17-15-25(40)16-18-30(42)46-31-27(21-39)45-34(32(31)47-49(22(2)3,23(4)5)24(6)7)38-20-28(33(43)37-35(38)44)48-26-13-11-10-12-14-26/h10-14,20,22-24,27,31-32,34,39H,8-9,15-19,21H2,1-7H3,(H,36,41)(H,37,43,44)/t27-,31?,32+,34-/m1/s1. The fraction of sp³-hybridized carbons (Fsp3) is 0.629. The second kappa shape index (κ2) is 18.8. The van der Waals surface area contributed by atoms with Crippen LogP contribution in [0, 0.1) is 0 Å². The number of nitrogens with zero attached hydrogens (tertiary/aromatic N) is 1. The number of rotatable bonds is 19. The number of amides is 1. The molecule has 0 saturated carbocycles. The van der Waals surface area contributed by atoms with Crippen LogP contribution < -0.4 is 16.6 Å². The lowest BCUT2D eigenvalue weighted by atomic mass is 10.1. The number of aliphatic hydroxyl groups excluding tert-OH is 1. The van der Waals surface area contributed by atoms with E-state index in [1.54, 1.807) is 0 Å². The van der Waals surface area contributed by atoms with Crippen LogP contribution in [0.15, 0.2) is 55.9 Å². The summed E-state index contributed by atoms with van der Waals surface area (Å²) in [5, 5.41) is 13.2. The van der Waals surface area contributed by atoms with Crippen LogP contribution in [0.3, 0.4) is 0 Å². The molecule has 14 heteroatoms. The van der Waals surface area contributed by atoms with E-state index in [1.807, 2.05) is 37.3 Å². The van der Waals surface area contributed by atoms with Crippen molar-refractivity contribution in [2.24, 2.45) is 0 Å². The lowest BCUT2D eigenvalue weighted by Crippen LogP contribution is -2.54. The minimum atomic E-state index is -2.71. The van der Waals surface area contributed by atoms with Gasteiger partial charge in [0.25, 0.3) is 5.56 Å². The summed E-state index contributed by atoms with van der Waals surface area (Å²) < 4.78 is 20.6. The van der Waals surface area contributed by atoms with Crippen molar-refractivity contribution < 1.29 is 33.4 Å². The Bertz CT molecular complexity index is 1490. The van der Waals surface area contributed by atoms with Crippen LogP contribution in [-0.2, 0) is 28.3 Å². The maximum absolute atomic E-state index is 13.4. The molecule has 3 N–H and O–H groups in total. The number of ether oxygens (including phenoxy) is 2. The van der Waals surface area contributed by atoms with Crippen LogP contribution in [0.2, 0.25) is 16.6 Å². The average molecular weight is 720 g/mol. The number of aliphatic hydroxyl groups is 1. The molecule has 1 aromatic heterocycles. The van der Waals surface area contributed by atoms with Crippen molar-refractivity contribution in [1.82, 2.24) is 14.9 Å². The number of H-pyrrole nitrogens is 1. The van der Waals surface area contributed by atoms with Crippen molar-refractivity contribution in [3.05, 3.63) is 57.4 Å². The maximum atomic E-state index is 13.4. The summed E-state index contributed by atoms with van der Waals surface area (Å²) in [5.74, 6) is -1.15.